The Morgan fingerprint density at radius 2 is 1.37 bits per heavy atom. The lowest BCUT2D eigenvalue weighted by atomic mass is 10.1. The topological polar surface area (TPSA) is 90.5 Å². The number of hydrogen-bond donors (Lipinski definition) is 3. The van der Waals surface area contributed by atoms with Crippen LogP contribution in [0.25, 0.3) is 0 Å². The highest BCUT2D eigenvalue weighted by Crippen LogP contribution is 2.16. The van der Waals surface area contributed by atoms with Crippen molar-refractivity contribution in [3.8, 4) is 0 Å². The van der Waals surface area contributed by atoms with Gasteiger partial charge in [0.1, 0.15) is 0 Å². The van der Waals surface area contributed by atoms with Gasteiger partial charge in [-0.05, 0) is 67.1 Å². The normalized spacial score (nSPS) is 10.4. The van der Waals surface area contributed by atoms with Crippen LogP contribution in [0.3, 0.4) is 0 Å². The Bertz CT molecular complexity index is 1420. The van der Waals surface area contributed by atoms with Crippen LogP contribution in [0.15, 0.2) is 103 Å². The molecule has 0 saturated heterocycles. The van der Waals surface area contributed by atoms with Crippen molar-refractivity contribution in [2.45, 2.75) is 13.5 Å². The van der Waals surface area contributed by atoms with E-state index < -0.39 is 0 Å². The minimum Gasteiger partial charge on any atom is -0.376 e. The monoisotopic (exact) mass is 506 g/mol. The molecule has 4 rings (SSSR count). The van der Waals surface area contributed by atoms with E-state index in [2.05, 4.69) is 16.0 Å². The Balaban J connectivity index is 1.27. The highest BCUT2D eigenvalue weighted by Gasteiger charge is 2.13. The molecule has 7 nitrogen and oxygen atoms in total. The zero-order valence-corrected chi connectivity index (χ0v) is 21.4. The maximum absolute atomic E-state index is 12.9. The van der Waals surface area contributed by atoms with Crippen molar-refractivity contribution in [1.29, 1.82) is 0 Å². The molecule has 0 fully saturated rings. The van der Waals surface area contributed by atoms with Gasteiger partial charge in [0, 0.05) is 41.8 Å². The van der Waals surface area contributed by atoms with Crippen LogP contribution in [0, 0.1) is 6.92 Å². The molecule has 0 spiro atoms. The molecular formula is C31H30N4O3. The molecule has 192 valence electrons. The van der Waals surface area contributed by atoms with Gasteiger partial charge in [0.05, 0.1) is 6.54 Å². The first-order valence-electron chi connectivity index (χ1n) is 12.3. The third kappa shape index (κ3) is 7.30. The molecule has 0 atom stereocenters. The van der Waals surface area contributed by atoms with Gasteiger partial charge in [0.2, 0.25) is 5.91 Å². The zero-order valence-electron chi connectivity index (χ0n) is 21.4. The summed E-state index contributed by atoms with van der Waals surface area (Å²) in [5.74, 6) is -0.553. The summed E-state index contributed by atoms with van der Waals surface area (Å²) in [5.41, 5.74) is 5.09. The molecule has 0 radical (unpaired) electrons. The summed E-state index contributed by atoms with van der Waals surface area (Å²) >= 11 is 0. The largest absolute Gasteiger partial charge is 0.376 e. The van der Waals surface area contributed by atoms with Crippen molar-refractivity contribution in [3.63, 3.8) is 0 Å². The van der Waals surface area contributed by atoms with Gasteiger partial charge in [-0.15, -0.1) is 0 Å². The third-order valence-electron chi connectivity index (χ3n) is 5.88. The van der Waals surface area contributed by atoms with Gasteiger partial charge in [-0.2, -0.15) is 0 Å². The fraction of sp³-hybridized carbons (Fsp3) is 0.129. The Labute approximate surface area is 222 Å². The second kappa shape index (κ2) is 12.4. The second-order valence-electron chi connectivity index (χ2n) is 9.03. The zero-order chi connectivity index (χ0) is 26.9. The molecule has 0 unspecified atom stereocenters. The van der Waals surface area contributed by atoms with Crippen LogP contribution in [-0.2, 0) is 11.3 Å². The number of aryl methyl sites for hydroxylation is 1. The molecule has 3 N–H and O–H groups in total. The molecule has 4 aromatic carbocycles. The predicted molar refractivity (Wildman–Crippen MR) is 151 cm³/mol. The van der Waals surface area contributed by atoms with Crippen LogP contribution >= 0.6 is 0 Å². The van der Waals surface area contributed by atoms with Crippen molar-refractivity contribution >= 4 is 34.8 Å². The van der Waals surface area contributed by atoms with Gasteiger partial charge >= 0.3 is 0 Å². The van der Waals surface area contributed by atoms with Crippen LogP contribution in [0.1, 0.15) is 31.8 Å². The number of rotatable bonds is 9. The van der Waals surface area contributed by atoms with Crippen molar-refractivity contribution in [2.24, 2.45) is 0 Å². The van der Waals surface area contributed by atoms with Crippen LogP contribution in [0.4, 0.5) is 17.1 Å². The quantitative estimate of drug-likeness (QED) is 0.277. The van der Waals surface area contributed by atoms with Gasteiger partial charge in [0.15, 0.2) is 0 Å². The standard InChI is InChI=1S/C31H30N4O3/c1-22-8-6-11-24(18-22)30(37)34-27-16-14-26(15-17-27)32-20-29(36)33-28-13-7-12-25(19-28)31(38)35(2)21-23-9-4-3-5-10-23/h3-19,32H,20-21H2,1-2H3,(H,33,36)(H,34,37). The van der Waals surface area contributed by atoms with Crippen LogP contribution in [-0.4, -0.2) is 36.2 Å². The SMILES string of the molecule is Cc1cccc(C(=O)Nc2ccc(NCC(=O)Nc3cccc(C(=O)N(C)Cc4ccccc4)c3)cc2)c1. The van der Waals surface area contributed by atoms with Gasteiger partial charge in [0.25, 0.3) is 11.8 Å². The molecular weight excluding hydrogens is 476 g/mol. The summed E-state index contributed by atoms with van der Waals surface area (Å²) in [6.45, 7) is 2.48. The van der Waals surface area contributed by atoms with Crippen molar-refractivity contribution < 1.29 is 14.4 Å². The highest BCUT2D eigenvalue weighted by atomic mass is 16.2. The Kier molecular flexibility index (Phi) is 8.51. The van der Waals surface area contributed by atoms with E-state index in [1.54, 1.807) is 66.5 Å². The van der Waals surface area contributed by atoms with Crippen molar-refractivity contribution in [1.82, 2.24) is 4.90 Å². The number of carbonyl (C=O) groups is 3. The number of amides is 3. The minimum atomic E-state index is -0.246. The summed E-state index contributed by atoms with van der Waals surface area (Å²) in [6, 6.07) is 31.2. The molecule has 38 heavy (non-hydrogen) atoms. The molecule has 0 bridgehead atoms. The van der Waals surface area contributed by atoms with E-state index in [4.69, 9.17) is 0 Å². The molecule has 0 saturated carbocycles. The van der Waals surface area contributed by atoms with Crippen LogP contribution in [0.2, 0.25) is 0 Å². The van der Waals surface area contributed by atoms with Gasteiger partial charge < -0.3 is 20.9 Å². The molecule has 0 heterocycles. The van der Waals surface area contributed by atoms with E-state index >= 15 is 0 Å². The molecule has 3 amide bonds. The lowest BCUT2D eigenvalue weighted by Crippen LogP contribution is -2.26. The average Bonchev–Trinajstić information content (AvgIpc) is 2.93. The second-order valence-corrected chi connectivity index (χ2v) is 9.03. The number of hydrogen-bond acceptors (Lipinski definition) is 4. The van der Waals surface area contributed by atoms with E-state index in [1.807, 2.05) is 55.5 Å². The predicted octanol–water partition coefficient (Wildman–Crippen LogP) is 5.57. The maximum atomic E-state index is 12.9. The number of benzene rings is 4. The molecule has 0 aliphatic carbocycles. The van der Waals surface area contributed by atoms with E-state index in [-0.39, 0.29) is 24.3 Å². The smallest absolute Gasteiger partial charge is 0.255 e. The Morgan fingerprint density at radius 1 is 0.684 bits per heavy atom. The van der Waals surface area contributed by atoms with Gasteiger partial charge in [-0.25, -0.2) is 0 Å². The van der Waals surface area contributed by atoms with Crippen LogP contribution in [0.5, 0.6) is 0 Å². The summed E-state index contributed by atoms with van der Waals surface area (Å²) in [6.07, 6.45) is 0. The number of nitrogens with one attached hydrogen (secondary N) is 3. The van der Waals surface area contributed by atoms with E-state index in [0.29, 0.717) is 29.0 Å². The highest BCUT2D eigenvalue weighted by molar-refractivity contribution is 6.04. The lowest BCUT2D eigenvalue weighted by molar-refractivity contribution is -0.114. The fourth-order valence-electron chi connectivity index (χ4n) is 3.93. The number of anilines is 3. The van der Waals surface area contributed by atoms with E-state index in [1.165, 1.54) is 0 Å². The fourth-order valence-corrected chi connectivity index (χ4v) is 3.93. The first kappa shape index (κ1) is 26.2. The lowest BCUT2D eigenvalue weighted by Gasteiger charge is -2.18. The van der Waals surface area contributed by atoms with Gasteiger partial charge in [-0.1, -0.05) is 54.1 Å². The summed E-state index contributed by atoms with van der Waals surface area (Å²) < 4.78 is 0. The molecule has 0 aliphatic rings. The molecule has 7 heteroatoms. The Morgan fingerprint density at radius 3 is 2.11 bits per heavy atom. The number of carbonyl (C=O) groups excluding carboxylic acids is 3. The average molecular weight is 507 g/mol. The van der Waals surface area contributed by atoms with Crippen molar-refractivity contribution in [3.05, 3.63) is 125 Å². The number of nitrogens with zero attached hydrogens (tertiary/aromatic N) is 1. The molecule has 0 aliphatic heterocycles. The maximum Gasteiger partial charge on any atom is 0.255 e. The van der Waals surface area contributed by atoms with Gasteiger partial charge in [-0.3, -0.25) is 14.4 Å². The Hall–Kier alpha value is -4.91. The summed E-state index contributed by atoms with van der Waals surface area (Å²) in [7, 11) is 1.75. The minimum absolute atomic E-state index is 0.0427. The summed E-state index contributed by atoms with van der Waals surface area (Å²) in [4.78, 5) is 39.4. The first-order valence-corrected chi connectivity index (χ1v) is 12.3. The van der Waals surface area contributed by atoms with E-state index in [9.17, 15) is 14.4 Å². The van der Waals surface area contributed by atoms with Crippen molar-refractivity contribution in [2.75, 3.05) is 29.5 Å². The third-order valence-corrected chi connectivity index (χ3v) is 5.88. The molecule has 4 aromatic rings. The van der Waals surface area contributed by atoms with E-state index in [0.717, 1.165) is 16.8 Å². The first-order chi connectivity index (χ1) is 18.4. The van der Waals surface area contributed by atoms with Crippen LogP contribution < -0.4 is 16.0 Å². The summed E-state index contributed by atoms with van der Waals surface area (Å²) in [5, 5.41) is 8.76. The molecule has 0 aromatic heterocycles.